The fraction of sp³-hybridized carbons (Fsp3) is 0.385. The zero-order valence-corrected chi connectivity index (χ0v) is 9.71. The van der Waals surface area contributed by atoms with Crippen molar-refractivity contribution in [3.63, 3.8) is 0 Å². The molecule has 1 rings (SSSR count). The van der Waals surface area contributed by atoms with Crippen LogP contribution in [0.15, 0.2) is 18.2 Å². The van der Waals surface area contributed by atoms with Crippen LogP contribution in [0.25, 0.3) is 0 Å². The molecule has 0 unspecified atom stereocenters. The minimum absolute atomic E-state index is 0.0908. The number of carbonyl (C=O) groups excluding carboxylic acids is 2. The Hall–Kier alpha value is -1.51. The number of halogens is 1. The molecule has 0 spiro atoms. The van der Waals surface area contributed by atoms with Crippen LogP contribution in [0.1, 0.15) is 36.2 Å². The first-order valence-corrected chi connectivity index (χ1v) is 5.24. The van der Waals surface area contributed by atoms with Crippen LogP contribution >= 0.6 is 0 Å². The molecule has 16 heavy (non-hydrogen) atoms. The van der Waals surface area contributed by atoms with Gasteiger partial charge in [-0.3, -0.25) is 9.59 Å². The molecule has 0 aliphatic heterocycles. The molecule has 0 aromatic heterocycles. The zero-order chi connectivity index (χ0) is 12.3. The number of hydrogen-bond donors (Lipinski definition) is 0. The van der Waals surface area contributed by atoms with Gasteiger partial charge in [0.05, 0.1) is 6.42 Å². The molecule has 2 nitrogen and oxygen atoms in total. The van der Waals surface area contributed by atoms with Crippen LogP contribution in [0.4, 0.5) is 4.39 Å². The van der Waals surface area contributed by atoms with Gasteiger partial charge in [-0.25, -0.2) is 4.39 Å². The predicted octanol–water partition coefficient (Wildman–Crippen LogP) is 2.93. The fourth-order valence-corrected chi connectivity index (χ4v) is 1.28. The van der Waals surface area contributed by atoms with Gasteiger partial charge in [0, 0.05) is 11.5 Å². The van der Waals surface area contributed by atoms with E-state index in [9.17, 15) is 14.0 Å². The number of benzene rings is 1. The zero-order valence-electron chi connectivity index (χ0n) is 9.71. The van der Waals surface area contributed by atoms with Gasteiger partial charge in [-0.1, -0.05) is 13.8 Å². The average Bonchev–Trinajstić information content (AvgIpc) is 2.21. The van der Waals surface area contributed by atoms with E-state index in [0.29, 0.717) is 11.1 Å². The van der Waals surface area contributed by atoms with E-state index in [1.807, 2.05) is 0 Å². The lowest BCUT2D eigenvalue weighted by Gasteiger charge is -2.04. The molecule has 0 heterocycles. The van der Waals surface area contributed by atoms with Crippen LogP contribution in [0.3, 0.4) is 0 Å². The highest BCUT2D eigenvalue weighted by Crippen LogP contribution is 2.12. The third kappa shape index (κ3) is 2.99. The normalized spacial score (nSPS) is 10.6. The summed E-state index contributed by atoms with van der Waals surface area (Å²) in [5, 5.41) is 0. The van der Waals surface area contributed by atoms with Crippen molar-refractivity contribution in [2.45, 2.75) is 27.2 Å². The molecule has 1 aromatic rings. The second-order valence-electron chi connectivity index (χ2n) is 4.18. The summed E-state index contributed by atoms with van der Waals surface area (Å²) in [6.07, 6.45) is -0.108. The molecule has 3 heteroatoms. The molecule has 0 radical (unpaired) electrons. The van der Waals surface area contributed by atoms with Gasteiger partial charge in [0.25, 0.3) is 0 Å². The topological polar surface area (TPSA) is 34.1 Å². The molecule has 0 fully saturated rings. The summed E-state index contributed by atoms with van der Waals surface area (Å²) in [6.45, 7) is 5.10. The summed E-state index contributed by atoms with van der Waals surface area (Å²) in [7, 11) is 0. The van der Waals surface area contributed by atoms with Crippen LogP contribution in [-0.4, -0.2) is 11.6 Å². The van der Waals surface area contributed by atoms with Gasteiger partial charge in [0.1, 0.15) is 11.6 Å². The second kappa shape index (κ2) is 5.01. The van der Waals surface area contributed by atoms with E-state index < -0.39 is 0 Å². The van der Waals surface area contributed by atoms with Crippen molar-refractivity contribution in [1.29, 1.82) is 0 Å². The molecular weight excluding hydrogens is 207 g/mol. The van der Waals surface area contributed by atoms with E-state index in [2.05, 4.69) is 0 Å². The van der Waals surface area contributed by atoms with Crippen molar-refractivity contribution >= 4 is 11.6 Å². The highest BCUT2D eigenvalue weighted by atomic mass is 19.1. The first kappa shape index (κ1) is 12.6. The Balaban J connectivity index is 2.81. The summed E-state index contributed by atoms with van der Waals surface area (Å²) in [5.74, 6) is -0.828. The standard InChI is InChI=1S/C13H15FO2/c1-8(2)12(15)7-13(16)10-4-5-11(14)9(3)6-10/h4-6,8H,7H2,1-3H3. The number of hydrogen-bond acceptors (Lipinski definition) is 2. The smallest absolute Gasteiger partial charge is 0.170 e. The third-order valence-electron chi connectivity index (χ3n) is 2.46. The van der Waals surface area contributed by atoms with E-state index in [4.69, 9.17) is 0 Å². The average molecular weight is 222 g/mol. The van der Waals surface area contributed by atoms with E-state index in [1.165, 1.54) is 18.2 Å². The van der Waals surface area contributed by atoms with Gasteiger partial charge in [-0.15, -0.1) is 0 Å². The van der Waals surface area contributed by atoms with Crippen LogP contribution in [0.2, 0.25) is 0 Å². The maximum Gasteiger partial charge on any atom is 0.170 e. The number of ketones is 2. The monoisotopic (exact) mass is 222 g/mol. The summed E-state index contributed by atoms with van der Waals surface area (Å²) >= 11 is 0. The lowest BCUT2D eigenvalue weighted by Crippen LogP contribution is -2.13. The quantitative estimate of drug-likeness (QED) is 0.579. The molecule has 0 aliphatic carbocycles. The first-order valence-electron chi connectivity index (χ1n) is 5.24. The van der Waals surface area contributed by atoms with Crippen molar-refractivity contribution in [2.24, 2.45) is 5.92 Å². The Kier molecular flexibility index (Phi) is 3.93. The molecule has 0 bridgehead atoms. The maximum absolute atomic E-state index is 13.0. The SMILES string of the molecule is Cc1cc(C(=O)CC(=O)C(C)C)ccc1F. The Morgan fingerprint density at radius 3 is 2.44 bits per heavy atom. The summed E-state index contributed by atoms with van der Waals surface area (Å²) in [5.41, 5.74) is 0.816. The maximum atomic E-state index is 13.0. The van der Waals surface area contributed by atoms with E-state index in [0.717, 1.165) is 0 Å². The van der Waals surface area contributed by atoms with Crippen LogP contribution in [0, 0.1) is 18.7 Å². The van der Waals surface area contributed by atoms with Crippen molar-refractivity contribution in [1.82, 2.24) is 0 Å². The van der Waals surface area contributed by atoms with E-state index in [-0.39, 0.29) is 29.7 Å². The molecule has 0 aliphatic rings. The Morgan fingerprint density at radius 2 is 1.94 bits per heavy atom. The highest BCUT2D eigenvalue weighted by molar-refractivity contribution is 6.08. The molecule has 0 saturated carbocycles. The first-order chi connectivity index (χ1) is 7.41. The Morgan fingerprint density at radius 1 is 1.31 bits per heavy atom. The highest BCUT2D eigenvalue weighted by Gasteiger charge is 2.15. The van der Waals surface area contributed by atoms with Crippen molar-refractivity contribution in [3.8, 4) is 0 Å². The van der Waals surface area contributed by atoms with Crippen molar-refractivity contribution < 1.29 is 14.0 Å². The molecular formula is C13H15FO2. The van der Waals surface area contributed by atoms with Gasteiger partial charge < -0.3 is 0 Å². The largest absolute Gasteiger partial charge is 0.299 e. The lowest BCUT2D eigenvalue weighted by atomic mass is 9.99. The Bertz CT molecular complexity index is 422. The van der Waals surface area contributed by atoms with Gasteiger partial charge in [-0.2, -0.15) is 0 Å². The molecule has 1 aromatic carbocycles. The predicted molar refractivity (Wildman–Crippen MR) is 59.9 cm³/mol. The number of aryl methyl sites for hydroxylation is 1. The number of rotatable bonds is 4. The van der Waals surface area contributed by atoms with Gasteiger partial charge in [-0.05, 0) is 30.7 Å². The number of carbonyl (C=O) groups is 2. The van der Waals surface area contributed by atoms with Crippen LogP contribution in [0.5, 0.6) is 0 Å². The van der Waals surface area contributed by atoms with Crippen molar-refractivity contribution in [3.05, 3.63) is 35.1 Å². The minimum Gasteiger partial charge on any atom is -0.299 e. The van der Waals surface area contributed by atoms with Crippen LogP contribution < -0.4 is 0 Å². The summed E-state index contributed by atoms with van der Waals surface area (Å²) in [6, 6.07) is 4.14. The third-order valence-corrected chi connectivity index (χ3v) is 2.46. The van der Waals surface area contributed by atoms with E-state index in [1.54, 1.807) is 20.8 Å². The molecule has 0 saturated heterocycles. The fourth-order valence-electron chi connectivity index (χ4n) is 1.28. The Labute approximate surface area is 94.5 Å². The van der Waals surface area contributed by atoms with Crippen molar-refractivity contribution in [2.75, 3.05) is 0 Å². The van der Waals surface area contributed by atoms with Gasteiger partial charge >= 0.3 is 0 Å². The van der Waals surface area contributed by atoms with E-state index >= 15 is 0 Å². The second-order valence-corrected chi connectivity index (χ2v) is 4.18. The molecule has 86 valence electrons. The lowest BCUT2D eigenvalue weighted by molar-refractivity contribution is -0.121. The number of Topliss-reactive ketones (excluding diaryl/α,β-unsaturated/α-hetero) is 2. The molecule has 0 amide bonds. The summed E-state index contributed by atoms with van der Waals surface area (Å²) in [4.78, 5) is 23.1. The van der Waals surface area contributed by atoms with Crippen LogP contribution in [-0.2, 0) is 4.79 Å². The molecule has 0 atom stereocenters. The summed E-state index contributed by atoms with van der Waals surface area (Å²) < 4.78 is 13.0. The van der Waals surface area contributed by atoms with Gasteiger partial charge in [0.15, 0.2) is 5.78 Å². The minimum atomic E-state index is -0.341. The molecule has 0 N–H and O–H groups in total. The van der Waals surface area contributed by atoms with Gasteiger partial charge in [0.2, 0.25) is 0 Å².